The van der Waals surface area contributed by atoms with Gasteiger partial charge in [0.05, 0.1) is 25.2 Å². The molecule has 3 N–H and O–H groups in total. The maximum atomic E-state index is 13.0. The van der Waals surface area contributed by atoms with E-state index in [1.54, 1.807) is 14.0 Å². The number of nitrogens with two attached hydrogens (primary N) is 1. The van der Waals surface area contributed by atoms with E-state index in [2.05, 4.69) is 19.2 Å². The summed E-state index contributed by atoms with van der Waals surface area (Å²) in [5, 5.41) is 3.11. The van der Waals surface area contributed by atoms with E-state index in [9.17, 15) is 9.59 Å². The van der Waals surface area contributed by atoms with Crippen LogP contribution in [0.4, 0.5) is 0 Å². The molecule has 1 atom stereocenters. The van der Waals surface area contributed by atoms with Crippen LogP contribution in [0.3, 0.4) is 0 Å². The smallest absolute Gasteiger partial charge is 0.338 e. The lowest BCUT2D eigenvalue weighted by Crippen LogP contribution is -2.41. The van der Waals surface area contributed by atoms with Gasteiger partial charge in [-0.2, -0.15) is 0 Å². The lowest BCUT2D eigenvalue weighted by atomic mass is 9.69. The van der Waals surface area contributed by atoms with Crippen LogP contribution in [0.5, 0.6) is 5.75 Å². The lowest BCUT2D eigenvalue weighted by Gasteiger charge is -2.39. The largest absolute Gasteiger partial charge is 0.497 e. The molecule has 0 amide bonds. The summed E-state index contributed by atoms with van der Waals surface area (Å²) in [6.45, 7) is 6.09. The van der Waals surface area contributed by atoms with Crippen LogP contribution < -0.4 is 15.8 Å². The minimum atomic E-state index is -0.546. The van der Waals surface area contributed by atoms with Crippen molar-refractivity contribution in [3.63, 3.8) is 0 Å². The first kappa shape index (κ1) is 19.0. The van der Waals surface area contributed by atoms with Crippen molar-refractivity contribution in [3.05, 3.63) is 52.5 Å². The van der Waals surface area contributed by atoms with E-state index in [0.29, 0.717) is 24.2 Å². The third kappa shape index (κ3) is 3.56. The SMILES string of the molecule is CCOC(=O)C1=C(N)NC2=C(C(=O)CC(C)(C)C2)C1c1ccc(OC)cc1. The molecule has 144 valence electrons. The minimum absolute atomic E-state index is 0.0314. The predicted octanol–water partition coefficient (Wildman–Crippen LogP) is 2.76. The highest BCUT2D eigenvalue weighted by Gasteiger charge is 2.43. The Morgan fingerprint density at radius 3 is 2.52 bits per heavy atom. The normalized spacial score (nSPS) is 21.5. The molecule has 1 aromatic rings. The van der Waals surface area contributed by atoms with Crippen molar-refractivity contribution in [1.82, 2.24) is 5.32 Å². The average Bonchev–Trinajstić information content (AvgIpc) is 2.59. The van der Waals surface area contributed by atoms with Gasteiger partial charge in [-0.1, -0.05) is 26.0 Å². The van der Waals surface area contributed by atoms with E-state index >= 15 is 0 Å². The minimum Gasteiger partial charge on any atom is -0.497 e. The van der Waals surface area contributed by atoms with Crippen LogP contribution in [0.15, 0.2) is 46.9 Å². The number of carbonyl (C=O) groups excluding carboxylic acids is 2. The molecular formula is C21H26N2O4. The number of carbonyl (C=O) groups is 2. The van der Waals surface area contributed by atoms with Gasteiger partial charge in [-0.25, -0.2) is 4.79 Å². The molecule has 6 nitrogen and oxygen atoms in total. The first-order valence-corrected chi connectivity index (χ1v) is 9.11. The van der Waals surface area contributed by atoms with Gasteiger partial charge in [-0.15, -0.1) is 0 Å². The number of benzene rings is 1. The van der Waals surface area contributed by atoms with Crippen molar-refractivity contribution >= 4 is 11.8 Å². The Kier molecular flexibility index (Phi) is 5.00. The van der Waals surface area contributed by atoms with E-state index < -0.39 is 11.9 Å². The second kappa shape index (κ2) is 7.10. The summed E-state index contributed by atoms with van der Waals surface area (Å²) in [7, 11) is 1.59. The van der Waals surface area contributed by atoms with E-state index in [1.807, 2.05) is 24.3 Å². The van der Waals surface area contributed by atoms with E-state index in [1.165, 1.54) is 0 Å². The molecule has 27 heavy (non-hydrogen) atoms. The molecular weight excluding hydrogens is 344 g/mol. The molecule has 0 saturated carbocycles. The molecule has 1 aliphatic heterocycles. The standard InChI is InChI=1S/C21H26N2O4/c1-5-27-20(25)18-16(12-6-8-13(26-4)9-7-12)17-14(23-19(18)22)10-21(2,3)11-15(17)24/h6-9,16,23H,5,10-11,22H2,1-4H3. The molecule has 1 heterocycles. The van der Waals surface area contributed by atoms with Crippen molar-refractivity contribution in [1.29, 1.82) is 0 Å². The molecule has 0 fully saturated rings. The summed E-state index contributed by atoms with van der Waals surface area (Å²) in [5.41, 5.74) is 8.57. The summed E-state index contributed by atoms with van der Waals surface area (Å²) in [6, 6.07) is 7.35. The molecule has 2 aliphatic rings. The van der Waals surface area contributed by atoms with Crippen molar-refractivity contribution < 1.29 is 19.1 Å². The number of Topliss-reactive ketones (excluding diaryl/α,β-unsaturated/α-hetero) is 1. The molecule has 0 aromatic heterocycles. The van der Waals surface area contributed by atoms with Gasteiger partial charge in [0.2, 0.25) is 0 Å². The summed E-state index contributed by atoms with van der Waals surface area (Å²) < 4.78 is 10.5. The summed E-state index contributed by atoms with van der Waals surface area (Å²) >= 11 is 0. The number of dihydropyridines is 1. The highest BCUT2D eigenvalue weighted by Crippen LogP contribution is 2.46. The number of ether oxygens (including phenoxy) is 2. The number of hydrogen-bond donors (Lipinski definition) is 2. The van der Waals surface area contributed by atoms with E-state index in [0.717, 1.165) is 11.3 Å². The highest BCUT2D eigenvalue weighted by molar-refractivity contribution is 6.04. The van der Waals surface area contributed by atoms with Gasteiger partial charge < -0.3 is 20.5 Å². The van der Waals surface area contributed by atoms with Crippen molar-refractivity contribution in [3.8, 4) is 5.75 Å². The molecule has 0 bridgehead atoms. The fraction of sp³-hybridized carbons (Fsp3) is 0.429. The van der Waals surface area contributed by atoms with Crippen molar-refractivity contribution in [2.45, 2.75) is 39.5 Å². The number of methoxy groups -OCH3 is 1. The second-order valence-electron chi connectivity index (χ2n) is 7.71. The van der Waals surface area contributed by atoms with E-state index in [4.69, 9.17) is 15.2 Å². The Bertz CT molecular complexity index is 834. The maximum Gasteiger partial charge on any atom is 0.338 e. The summed E-state index contributed by atoms with van der Waals surface area (Å²) in [5.74, 6) is -0.0719. The van der Waals surface area contributed by atoms with E-state index in [-0.39, 0.29) is 29.2 Å². The number of rotatable bonds is 4. The molecule has 0 saturated heterocycles. The monoisotopic (exact) mass is 370 g/mol. The van der Waals surface area contributed by atoms with Gasteiger partial charge in [-0.05, 0) is 36.5 Å². The first-order valence-electron chi connectivity index (χ1n) is 9.11. The summed E-state index contributed by atoms with van der Waals surface area (Å²) in [4.78, 5) is 25.7. The van der Waals surface area contributed by atoms with Crippen LogP contribution in [-0.4, -0.2) is 25.5 Å². The Hall–Kier alpha value is -2.76. The Morgan fingerprint density at radius 1 is 1.26 bits per heavy atom. The molecule has 0 radical (unpaired) electrons. The molecule has 1 aliphatic carbocycles. The maximum absolute atomic E-state index is 13.0. The van der Waals surface area contributed by atoms with Crippen LogP contribution in [0, 0.1) is 5.41 Å². The van der Waals surface area contributed by atoms with Crippen LogP contribution in [0.25, 0.3) is 0 Å². The predicted molar refractivity (Wildman–Crippen MR) is 102 cm³/mol. The quantitative estimate of drug-likeness (QED) is 0.792. The van der Waals surface area contributed by atoms with Gasteiger partial charge >= 0.3 is 5.97 Å². The van der Waals surface area contributed by atoms with Crippen molar-refractivity contribution in [2.24, 2.45) is 11.1 Å². The molecule has 6 heteroatoms. The summed E-state index contributed by atoms with van der Waals surface area (Å²) in [6.07, 6.45) is 1.12. The fourth-order valence-electron chi connectivity index (χ4n) is 3.88. The molecule has 1 aromatic carbocycles. The zero-order valence-electron chi connectivity index (χ0n) is 16.2. The fourth-order valence-corrected chi connectivity index (χ4v) is 3.88. The third-order valence-electron chi connectivity index (χ3n) is 5.02. The van der Waals surface area contributed by atoms with Crippen LogP contribution in [0.2, 0.25) is 0 Å². The van der Waals surface area contributed by atoms with Gasteiger partial charge in [0, 0.05) is 17.7 Å². The van der Waals surface area contributed by atoms with Crippen LogP contribution in [-0.2, 0) is 14.3 Å². The number of allylic oxidation sites excluding steroid dienone is 2. The van der Waals surface area contributed by atoms with Crippen LogP contribution >= 0.6 is 0 Å². The van der Waals surface area contributed by atoms with Gasteiger partial charge in [-0.3, -0.25) is 4.79 Å². The Labute approximate surface area is 159 Å². The third-order valence-corrected chi connectivity index (χ3v) is 5.02. The Morgan fingerprint density at radius 2 is 1.93 bits per heavy atom. The zero-order valence-corrected chi connectivity index (χ0v) is 16.2. The van der Waals surface area contributed by atoms with Gasteiger partial charge in [0.1, 0.15) is 11.6 Å². The molecule has 0 spiro atoms. The average molecular weight is 370 g/mol. The number of esters is 1. The molecule has 1 unspecified atom stereocenters. The second-order valence-corrected chi connectivity index (χ2v) is 7.71. The number of nitrogens with one attached hydrogen (secondary N) is 1. The first-order chi connectivity index (χ1) is 12.8. The molecule has 3 rings (SSSR count). The number of ketones is 1. The zero-order chi connectivity index (χ0) is 19.8. The Balaban J connectivity index is 2.15. The lowest BCUT2D eigenvalue weighted by molar-refractivity contribution is -0.138. The van der Waals surface area contributed by atoms with Crippen molar-refractivity contribution in [2.75, 3.05) is 13.7 Å². The van der Waals surface area contributed by atoms with Crippen LogP contribution in [0.1, 0.15) is 45.1 Å². The highest BCUT2D eigenvalue weighted by atomic mass is 16.5. The van der Waals surface area contributed by atoms with Gasteiger partial charge in [0.15, 0.2) is 5.78 Å². The number of hydrogen-bond acceptors (Lipinski definition) is 6. The topological polar surface area (TPSA) is 90.6 Å². The van der Waals surface area contributed by atoms with Gasteiger partial charge in [0.25, 0.3) is 0 Å².